The Hall–Kier alpha value is -3.56. The minimum atomic E-state index is -3.88. The minimum absolute atomic E-state index is 0.00818. The van der Waals surface area contributed by atoms with Crippen molar-refractivity contribution in [3.8, 4) is 0 Å². The second kappa shape index (κ2) is 9.09. The van der Waals surface area contributed by atoms with Gasteiger partial charge in [0.25, 0.3) is 21.8 Å². The number of rotatable bonds is 7. The Morgan fingerprint density at radius 2 is 1.52 bits per heavy atom. The molecule has 3 aromatic rings. The van der Waals surface area contributed by atoms with Crippen molar-refractivity contribution in [3.63, 3.8) is 0 Å². The van der Waals surface area contributed by atoms with Gasteiger partial charge in [0.1, 0.15) is 5.56 Å². The summed E-state index contributed by atoms with van der Waals surface area (Å²) in [6.45, 7) is -0.00818. The molecule has 2 amide bonds. The molecular formula is C20H19N4O4S+. The van der Waals surface area contributed by atoms with Crippen molar-refractivity contribution in [2.24, 2.45) is 0 Å². The fourth-order valence-corrected chi connectivity index (χ4v) is 3.35. The summed E-state index contributed by atoms with van der Waals surface area (Å²) in [6.07, 6.45) is 3.09. The molecule has 0 radical (unpaired) electrons. The molecule has 1 heterocycles. The van der Waals surface area contributed by atoms with E-state index in [0.717, 1.165) is 0 Å². The van der Waals surface area contributed by atoms with Gasteiger partial charge in [-0.2, -0.15) is 4.57 Å². The summed E-state index contributed by atoms with van der Waals surface area (Å²) in [6, 6.07) is 19.8. The van der Waals surface area contributed by atoms with Crippen LogP contribution in [-0.2, 0) is 21.4 Å². The van der Waals surface area contributed by atoms with E-state index in [1.165, 1.54) is 29.0 Å². The topological polar surface area (TPSA) is 108 Å². The highest BCUT2D eigenvalue weighted by Crippen LogP contribution is 2.06. The first-order valence-corrected chi connectivity index (χ1v) is 10.1. The molecule has 0 bridgehead atoms. The summed E-state index contributed by atoms with van der Waals surface area (Å²) in [5.74, 6) is -0.911. The maximum atomic E-state index is 12.3. The van der Waals surface area contributed by atoms with E-state index >= 15 is 0 Å². The van der Waals surface area contributed by atoms with E-state index in [1.807, 2.05) is 18.2 Å². The van der Waals surface area contributed by atoms with Gasteiger partial charge in [-0.15, -0.1) is 4.83 Å². The molecule has 148 valence electrons. The summed E-state index contributed by atoms with van der Waals surface area (Å²) in [5.41, 5.74) is 3.03. The molecule has 0 aliphatic carbocycles. The van der Waals surface area contributed by atoms with Crippen molar-refractivity contribution in [2.45, 2.75) is 11.4 Å². The molecule has 0 fully saturated rings. The Morgan fingerprint density at radius 3 is 2.21 bits per heavy atom. The van der Waals surface area contributed by atoms with Crippen LogP contribution in [0.2, 0.25) is 0 Å². The lowest BCUT2D eigenvalue weighted by Crippen LogP contribution is -2.44. The summed E-state index contributed by atoms with van der Waals surface area (Å²) in [7, 11) is -3.88. The number of carbonyl (C=O) groups excluding carboxylic acids is 2. The van der Waals surface area contributed by atoms with E-state index in [9.17, 15) is 18.0 Å². The number of nitrogens with one attached hydrogen (secondary N) is 3. The Balaban J connectivity index is 1.61. The average Bonchev–Trinajstić information content (AvgIpc) is 2.73. The molecule has 8 nitrogen and oxygen atoms in total. The van der Waals surface area contributed by atoms with Gasteiger partial charge in [-0.05, 0) is 30.3 Å². The number of pyridine rings is 1. The van der Waals surface area contributed by atoms with Gasteiger partial charge < -0.3 is 5.32 Å². The number of aromatic nitrogens is 1. The third-order valence-electron chi connectivity index (χ3n) is 3.86. The van der Waals surface area contributed by atoms with Gasteiger partial charge in [0.05, 0.1) is 4.90 Å². The number of hydrogen-bond acceptors (Lipinski definition) is 4. The van der Waals surface area contributed by atoms with Crippen LogP contribution in [0.3, 0.4) is 0 Å². The minimum Gasteiger partial charge on any atom is -0.321 e. The molecule has 0 spiro atoms. The molecule has 0 atom stereocenters. The zero-order chi connectivity index (χ0) is 20.7. The third-order valence-corrected chi connectivity index (χ3v) is 5.12. The summed E-state index contributed by atoms with van der Waals surface area (Å²) in [4.78, 5) is 26.5. The Labute approximate surface area is 168 Å². The zero-order valence-corrected chi connectivity index (χ0v) is 16.1. The molecule has 0 saturated heterocycles. The lowest BCUT2D eigenvalue weighted by molar-refractivity contribution is -0.684. The van der Waals surface area contributed by atoms with Crippen LogP contribution in [-0.4, -0.2) is 20.2 Å². The van der Waals surface area contributed by atoms with E-state index in [4.69, 9.17) is 0 Å². The number of hydrazine groups is 1. The van der Waals surface area contributed by atoms with Crippen molar-refractivity contribution in [1.29, 1.82) is 0 Å². The first kappa shape index (κ1) is 20.2. The summed E-state index contributed by atoms with van der Waals surface area (Å²) in [5, 5.41) is 2.75. The molecule has 0 aliphatic heterocycles. The number of hydrogen-bond donors (Lipinski definition) is 3. The van der Waals surface area contributed by atoms with Crippen molar-refractivity contribution in [3.05, 3.63) is 90.8 Å². The lowest BCUT2D eigenvalue weighted by atomic mass is 10.2. The maximum Gasteiger partial charge on any atom is 0.290 e. The molecule has 0 aliphatic rings. The Kier molecular flexibility index (Phi) is 6.32. The second-order valence-corrected chi connectivity index (χ2v) is 7.73. The van der Waals surface area contributed by atoms with Crippen molar-refractivity contribution >= 4 is 27.5 Å². The SMILES string of the molecule is O=C(C[n+]1cccc(C(=O)NNS(=O)(=O)c2ccccc2)c1)Nc1ccccc1. The predicted octanol–water partition coefficient (Wildman–Crippen LogP) is 1.24. The summed E-state index contributed by atoms with van der Waals surface area (Å²) < 4.78 is 25.9. The average molecular weight is 411 g/mol. The number of sulfonamides is 1. The number of anilines is 1. The molecular weight excluding hydrogens is 392 g/mol. The highest BCUT2D eigenvalue weighted by Gasteiger charge is 2.17. The van der Waals surface area contributed by atoms with Gasteiger partial charge in [-0.25, -0.2) is 8.42 Å². The van der Waals surface area contributed by atoms with Crippen LogP contribution in [0.15, 0.2) is 90.1 Å². The second-order valence-electron chi connectivity index (χ2n) is 6.05. The maximum absolute atomic E-state index is 12.3. The largest absolute Gasteiger partial charge is 0.321 e. The van der Waals surface area contributed by atoms with E-state index in [1.54, 1.807) is 42.6 Å². The number of nitrogens with zero attached hydrogens (tertiary/aromatic N) is 1. The van der Waals surface area contributed by atoms with Crippen LogP contribution in [0, 0.1) is 0 Å². The van der Waals surface area contributed by atoms with Gasteiger partial charge in [0.15, 0.2) is 12.4 Å². The van der Waals surface area contributed by atoms with Crippen molar-refractivity contribution in [2.75, 3.05) is 5.32 Å². The van der Waals surface area contributed by atoms with Crippen LogP contribution in [0.5, 0.6) is 0 Å². The van der Waals surface area contributed by atoms with E-state index in [2.05, 4.69) is 15.6 Å². The fraction of sp³-hybridized carbons (Fsp3) is 0.0500. The molecule has 0 unspecified atom stereocenters. The van der Waals surface area contributed by atoms with Crippen LogP contribution >= 0.6 is 0 Å². The molecule has 9 heteroatoms. The van der Waals surface area contributed by atoms with E-state index in [0.29, 0.717) is 5.69 Å². The molecule has 3 N–H and O–H groups in total. The molecule has 29 heavy (non-hydrogen) atoms. The predicted molar refractivity (Wildman–Crippen MR) is 106 cm³/mol. The van der Waals surface area contributed by atoms with Crippen molar-refractivity contribution < 1.29 is 22.6 Å². The lowest BCUT2D eigenvalue weighted by Gasteiger charge is -2.08. The van der Waals surface area contributed by atoms with Crippen LogP contribution < -0.4 is 20.1 Å². The number of carbonyl (C=O) groups is 2. The van der Waals surface area contributed by atoms with E-state index < -0.39 is 15.9 Å². The number of benzene rings is 2. The fourth-order valence-electron chi connectivity index (χ4n) is 2.49. The molecule has 2 aromatic carbocycles. The zero-order valence-electron chi connectivity index (χ0n) is 15.3. The Morgan fingerprint density at radius 1 is 0.862 bits per heavy atom. The molecule has 0 saturated carbocycles. The Bertz CT molecular complexity index is 1100. The molecule has 1 aromatic heterocycles. The normalized spacial score (nSPS) is 10.9. The third kappa shape index (κ3) is 5.71. The van der Waals surface area contributed by atoms with Gasteiger partial charge in [0.2, 0.25) is 6.54 Å². The standard InChI is InChI=1S/C20H18N4O4S/c25-19(21-17-9-3-1-4-10-17)15-24-13-7-8-16(14-24)20(26)22-23-29(27,28)18-11-5-2-6-12-18/h1-14,23H,15H2,(H-,21,22,25,26)/p+1. The molecule has 3 rings (SSSR count). The van der Waals surface area contributed by atoms with Gasteiger partial charge in [-0.1, -0.05) is 36.4 Å². The summed E-state index contributed by atoms with van der Waals surface area (Å²) >= 11 is 0. The highest BCUT2D eigenvalue weighted by atomic mass is 32.2. The van der Waals surface area contributed by atoms with Crippen molar-refractivity contribution in [1.82, 2.24) is 10.3 Å². The monoisotopic (exact) mass is 411 g/mol. The van der Waals surface area contributed by atoms with Crippen LogP contribution in [0.25, 0.3) is 0 Å². The smallest absolute Gasteiger partial charge is 0.290 e. The number of para-hydroxylation sites is 1. The highest BCUT2D eigenvalue weighted by molar-refractivity contribution is 7.89. The van der Waals surface area contributed by atoms with Gasteiger partial charge >= 0.3 is 0 Å². The quantitative estimate of drug-likeness (QED) is 0.401. The first-order valence-electron chi connectivity index (χ1n) is 8.65. The van der Waals surface area contributed by atoms with Gasteiger partial charge in [-0.3, -0.25) is 15.0 Å². The van der Waals surface area contributed by atoms with E-state index in [-0.39, 0.29) is 22.9 Å². The first-order chi connectivity index (χ1) is 13.9. The van der Waals surface area contributed by atoms with Crippen LogP contribution in [0.1, 0.15) is 10.4 Å². The van der Waals surface area contributed by atoms with Gasteiger partial charge in [0, 0.05) is 11.8 Å². The van der Waals surface area contributed by atoms with Crippen LogP contribution in [0.4, 0.5) is 5.69 Å². The number of amides is 2.